The van der Waals surface area contributed by atoms with Crippen molar-refractivity contribution in [3.8, 4) is 0 Å². The SMILES string of the molecule is Cc1cccc(NC(=S)N[C@@H](C)c2ccc(Cl)cc2Cl)c1C. The first-order valence-corrected chi connectivity index (χ1v) is 8.13. The van der Waals surface area contributed by atoms with Gasteiger partial charge in [0.1, 0.15) is 0 Å². The zero-order chi connectivity index (χ0) is 16.3. The van der Waals surface area contributed by atoms with Crippen LogP contribution in [0, 0.1) is 13.8 Å². The highest BCUT2D eigenvalue weighted by Gasteiger charge is 2.12. The largest absolute Gasteiger partial charge is 0.356 e. The Kier molecular flexibility index (Phi) is 5.68. The Balaban J connectivity index is 2.07. The predicted octanol–water partition coefficient (Wildman–Crippen LogP) is 5.66. The van der Waals surface area contributed by atoms with Gasteiger partial charge in [-0.3, -0.25) is 0 Å². The molecule has 0 fully saturated rings. The molecule has 0 aliphatic carbocycles. The summed E-state index contributed by atoms with van der Waals surface area (Å²) in [4.78, 5) is 0. The zero-order valence-corrected chi connectivity index (χ0v) is 15.0. The molecule has 2 rings (SSSR count). The number of nitrogens with one attached hydrogen (secondary N) is 2. The van der Waals surface area contributed by atoms with Crippen molar-refractivity contribution < 1.29 is 0 Å². The van der Waals surface area contributed by atoms with E-state index in [0.717, 1.165) is 11.3 Å². The highest BCUT2D eigenvalue weighted by Crippen LogP contribution is 2.26. The second-order valence-corrected chi connectivity index (χ2v) is 6.49. The smallest absolute Gasteiger partial charge is 0.171 e. The van der Waals surface area contributed by atoms with Crippen LogP contribution in [0.4, 0.5) is 5.69 Å². The summed E-state index contributed by atoms with van der Waals surface area (Å²) in [6.07, 6.45) is 0. The summed E-state index contributed by atoms with van der Waals surface area (Å²) < 4.78 is 0. The van der Waals surface area contributed by atoms with Crippen molar-refractivity contribution in [2.24, 2.45) is 0 Å². The molecule has 1 atom stereocenters. The predicted molar refractivity (Wildman–Crippen MR) is 100 cm³/mol. The van der Waals surface area contributed by atoms with Crippen LogP contribution in [0.15, 0.2) is 36.4 Å². The van der Waals surface area contributed by atoms with Crippen LogP contribution in [0.1, 0.15) is 29.7 Å². The molecule has 22 heavy (non-hydrogen) atoms. The third-order valence-corrected chi connectivity index (χ3v) is 4.41. The molecule has 0 unspecified atom stereocenters. The summed E-state index contributed by atoms with van der Waals surface area (Å²) in [5, 5.41) is 8.29. The van der Waals surface area contributed by atoms with E-state index in [1.807, 2.05) is 31.2 Å². The number of rotatable bonds is 3. The molecular weight excluding hydrogens is 335 g/mol. The molecule has 2 N–H and O–H groups in total. The maximum absolute atomic E-state index is 6.23. The van der Waals surface area contributed by atoms with Gasteiger partial charge in [-0.2, -0.15) is 0 Å². The summed E-state index contributed by atoms with van der Waals surface area (Å²) in [7, 11) is 0. The Hall–Kier alpha value is -1.29. The zero-order valence-electron chi connectivity index (χ0n) is 12.7. The molecule has 0 heterocycles. The molecule has 0 spiro atoms. The van der Waals surface area contributed by atoms with Crippen molar-refractivity contribution in [1.29, 1.82) is 0 Å². The van der Waals surface area contributed by atoms with Gasteiger partial charge in [-0.15, -0.1) is 0 Å². The number of hydrogen-bond donors (Lipinski definition) is 2. The number of anilines is 1. The Labute approximate surface area is 146 Å². The van der Waals surface area contributed by atoms with Gasteiger partial charge in [0.2, 0.25) is 0 Å². The average molecular weight is 353 g/mol. The summed E-state index contributed by atoms with van der Waals surface area (Å²) in [5.41, 5.74) is 4.37. The number of thiocarbonyl (C=S) groups is 1. The van der Waals surface area contributed by atoms with Crippen LogP contribution >= 0.6 is 35.4 Å². The van der Waals surface area contributed by atoms with Crippen LogP contribution < -0.4 is 10.6 Å². The Morgan fingerprint density at radius 2 is 1.86 bits per heavy atom. The van der Waals surface area contributed by atoms with Crippen molar-refractivity contribution >= 4 is 46.2 Å². The quantitative estimate of drug-likeness (QED) is 0.697. The summed E-state index contributed by atoms with van der Waals surface area (Å²) in [6, 6.07) is 11.5. The van der Waals surface area contributed by atoms with E-state index in [9.17, 15) is 0 Å². The molecule has 5 heteroatoms. The van der Waals surface area contributed by atoms with Gasteiger partial charge < -0.3 is 10.6 Å². The van der Waals surface area contributed by atoms with Crippen molar-refractivity contribution in [2.45, 2.75) is 26.8 Å². The van der Waals surface area contributed by atoms with Crippen LogP contribution in [0.3, 0.4) is 0 Å². The lowest BCUT2D eigenvalue weighted by Gasteiger charge is -2.19. The third kappa shape index (κ3) is 4.13. The van der Waals surface area contributed by atoms with E-state index in [1.54, 1.807) is 6.07 Å². The third-order valence-electron chi connectivity index (χ3n) is 3.63. The minimum atomic E-state index is -0.0186. The van der Waals surface area contributed by atoms with Crippen LogP contribution in [0.2, 0.25) is 10.0 Å². The van der Waals surface area contributed by atoms with Crippen LogP contribution in [0.25, 0.3) is 0 Å². The van der Waals surface area contributed by atoms with Gasteiger partial charge >= 0.3 is 0 Å². The number of hydrogen-bond acceptors (Lipinski definition) is 1. The Morgan fingerprint density at radius 3 is 2.55 bits per heavy atom. The van der Waals surface area contributed by atoms with E-state index in [-0.39, 0.29) is 6.04 Å². The van der Waals surface area contributed by atoms with E-state index in [1.165, 1.54) is 11.1 Å². The fourth-order valence-corrected chi connectivity index (χ4v) is 3.03. The van der Waals surface area contributed by atoms with E-state index in [4.69, 9.17) is 35.4 Å². The molecule has 0 saturated carbocycles. The van der Waals surface area contributed by atoms with Crippen molar-refractivity contribution in [3.63, 3.8) is 0 Å². The maximum Gasteiger partial charge on any atom is 0.171 e. The molecule has 0 saturated heterocycles. The number of aryl methyl sites for hydroxylation is 1. The molecule has 0 radical (unpaired) electrons. The van der Waals surface area contributed by atoms with Crippen LogP contribution in [0.5, 0.6) is 0 Å². The van der Waals surface area contributed by atoms with E-state index in [2.05, 4.69) is 30.5 Å². The molecule has 2 nitrogen and oxygen atoms in total. The monoisotopic (exact) mass is 352 g/mol. The molecule has 2 aromatic carbocycles. The molecule has 0 amide bonds. The van der Waals surface area contributed by atoms with Crippen LogP contribution in [-0.2, 0) is 0 Å². The molecule has 2 aromatic rings. The highest BCUT2D eigenvalue weighted by atomic mass is 35.5. The normalized spacial score (nSPS) is 11.9. The van der Waals surface area contributed by atoms with Gasteiger partial charge in [0.15, 0.2) is 5.11 Å². The summed E-state index contributed by atoms with van der Waals surface area (Å²) in [6.45, 7) is 6.15. The standard InChI is InChI=1S/C17H18Cl2N2S/c1-10-5-4-6-16(11(10)2)21-17(22)20-12(3)14-8-7-13(18)9-15(14)19/h4-9,12H,1-3H3,(H2,20,21,22)/t12-/m0/s1. The lowest BCUT2D eigenvalue weighted by molar-refractivity contribution is 0.723. The first-order chi connectivity index (χ1) is 10.4. The molecule has 0 bridgehead atoms. The first-order valence-electron chi connectivity index (χ1n) is 6.97. The second-order valence-electron chi connectivity index (χ2n) is 5.23. The van der Waals surface area contributed by atoms with E-state index >= 15 is 0 Å². The average Bonchev–Trinajstić information content (AvgIpc) is 2.43. The molecule has 0 aliphatic rings. The number of halogens is 2. The minimum Gasteiger partial charge on any atom is -0.356 e. The van der Waals surface area contributed by atoms with E-state index < -0.39 is 0 Å². The van der Waals surface area contributed by atoms with Gasteiger partial charge in [-0.25, -0.2) is 0 Å². The second kappa shape index (κ2) is 7.32. The van der Waals surface area contributed by atoms with Crippen molar-refractivity contribution in [3.05, 3.63) is 63.1 Å². The minimum absolute atomic E-state index is 0.0186. The topological polar surface area (TPSA) is 24.1 Å². The Morgan fingerprint density at radius 1 is 1.14 bits per heavy atom. The van der Waals surface area contributed by atoms with Gasteiger partial charge in [-0.05, 0) is 67.9 Å². The lowest BCUT2D eigenvalue weighted by atomic mass is 10.1. The Bertz CT molecular complexity index is 701. The maximum atomic E-state index is 6.23. The first kappa shape index (κ1) is 17.1. The fraction of sp³-hybridized carbons (Fsp3) is 0.235. The van der Waals surface area contributed by atoms with Crippen molar-refractivity contribution in [1.82, 2.24) is 5.32 Å². The molecule has 116 valence electrons. The fourth-order valence-electron chi connectivity index (χ4n) is 2.17. The van der Waals surface area contributed by atoms with Gasteiger partial charge in [-0.1, -0.05) is 41.4 Å². The van der Waals surface area contributed by atoms with Gasteiger partial charge in [0.25, 0.3) is 0 Å². The van der Waals surface area contributed by atoms with Crippen molar-refractivity contribution in [2.75, 3.05) is 5.32 Å². The number of benzene rings is 2. The molecule has 0 aromatic heterocycles. The lowest BCUT2D eigenvalue weighted by Crippen LogP contribution is -2.31. The summed E-state index contributed by atoms with van der Waals surface area (Å²) >= 11 is 17.5. The van der Waals surface area contributed by atoms with Crippen LogP contribution in [-0.4, -0.2) is 5.11 Å². The molecule has 0 aliphatic heterocycles. The summed E-state index contributed by atoms with van der Waals surface area (Å²) in [5.74, 6) is 0. The van der Waals surface area contributed by atoms with E-state index in [0.29, 0.717) is 15.2 Å². The van der Waals surface area contributed by atoms with Gasteiger partial charge in [0.05, 0.1) is 6.04 Å². The highest BCUT2D eigenvalue weighted by molar-refractivity contribution is 7.80. The molecular formula is C17H18Cl2N2S. The van der Waals surface area contributed by atoms with Gasteiger partial charge in [0, 0.05) is 15.7 Å².